The Bertz CT molecular complexity index is 2620. The van der Waals surface area contributed by atoms with Crippen LogP contribution in [0.2, 0.25) is 10.0 Å². The average molecular weight is 842 g/mol. The van der Waals surface area contributed by atoms with Crippen LogP contribution in [0.5, 0.6) is 11.5 Å². The number of carbonyl (C=O) groups is 3. The van der Waals surface area contributed by atoms with Gasteiger partial charge in [0.05, 0.1) is 40.0 Å². The Morgan fingerprint density at radius 1 is 0.967 bits per heavy atom. The molecule has 14 heteroatoms. The van der Waals surface area contributed by atoms with E-state index in [4.69, 9.17) is 37.9 Å². The third kappa shape index (κ3) is 8.84. The van der Waals surface area contributed by atoms with Crippen molar-refractivity contribution in [3.05, 3.63) is 165 Å². The van der Waals surface area contributed by atoms with Gasteiger partial charge in [0, 0.05) is 38.0 Å². The van der Waals surface area contributed by atoms with Crippen LogP contribution in [0.4, 0.5) is 5.69 Å². The largest absolute Gasteiger partial charge is 0.489 e. The molecule has 2 aliphatic heterocycles. The van der Waals surface area contributed by atoms with Crippen molar-refractivity contribution in [1.82, 2.24) is 19.8 Å². The number of aromatic nitrogens is 2. The molecule has 6 aromatic rings. The fourth-order valence-electron chi connectivity index (χ4n) is 7.43. The Morgan fingerprint density at radius 2 is 1.68 bits per heavy atom. The fourth-order valence-corrected chi connectivity index (χ4v) is 7.75. The highest BCUT2D eigenvalue weighted by molar-refractivity contribution is 6.42. The lowest BCUT2D eigenvalue weighted by atomic mass is 9.91. The zero-order valence-corrected chi connectivity index (χ0v) is 33.8. The summed E-state index contributed by atoms with van der Waals surface area (Å²) in [5.41, 5.74) is 6.88. The van der Waals surface area contributed by atoms with Gasteiger partial charge >= 0.3 is 5.97 Å². The van der Waals surface area contributed by atoms with Gasteiger partial charge in [-0.25, -0.2) is 9.78 Å². The number of fused-ring (bicyclic) bond motifs is 2. The Labute approximate surface area is 355 Å². The number of anilines is 1. The van der Waals surface area contributed by atoms with E-state index in [-0.39, 0.29) is 25.4 Å². The number of amides is 2. The number of nitrogens with zero attached hydrogens (tertiary/aromatic N) is 4. The number of hydrogen-bond acceptors (Lipinski definition) is 8. The number of ether oxygens (including phenoxy) is 2. The Hall–Kier alpha value is -6.65. The molecule has 0 aliphatic carbocycles. The SMILES string of the molecule is Cn1ccnc1CN1Cc2cc3c(cc2CC1C(=O)N[C@@H](Cc1ccc(-c2ccc(C#N)cc2)cc1)C(=O)O)NC(=O)C(c1ccc(OCc2ccc(Cl)c(Cl)c2)cc1)O3. The summed E-state index contributed by atoms with van der Waals surface area (Å²) in [5, 5.41) is 26.1. The maximum absolute atomic E-state index is 14.2. The van der Waals surface area contributed by atoms with Gasteiger partial charge in [-0.2, -0.15) is 5.26 Å². The minimum absolute atomic E-state index is 0.0733. The third-order valence-electron chi connectivity index (χ3n) is 10.8. The molecule has 0 spiro atoms. The molecule has 302 valence electrons. The second-order valence-electron chi connectivity index (χ2n) is 14.8. The summed E-state index contributed by atoms with van der Waals surface area (Å²) in [5.74, 6) is -0.0955. The van der Waals surface area contributed by atoms with Gasteiger partial charge < -0.3 is 29.8 Å². The molecule has 0 bridgehead atoms. The van der Waals surface area contributed by atoms with Crippen molar-refractivity contribution >= 4 is 46.7 Å². The molecule has 3 atom stereocenters. The lowest BCUT2D eigenvalue weighted by Gasteiger charge is -2.37. The number of carboxylic acids is 1. The first kappa shape index (κ1) is 40.1. The van der Waals surface area contributed by atoms with Crippen LogP contribution >= 0.6 is 23.2 Å². The van der Waals surface area contributed by atoms with Crippen LogP contribution in [0.25, 0.3) is 11.1 Å². The van der Waals surface area contributed by atoms with Crippen molar-refractivity contribution in [3.8, 4) is 28.7 Å². The zero-order valence-electron chi connectivity index (χ0n) is 32.3. The molecular formula is C46H38Cl2N6O6. The molecule has 0 radical (unpaired) electrons. The summed E-state index contributed by atoms with van der Waals surface area (Å²) in [6.07, 6.45) is 2.94. The molecule has 8 rings (SSSR count). The first-order valence-electron chi connectivity index (χ1n) is 19.1. The monoisotopic (exact) mass is 840 g/mol. The first-order chi connectivity index (χ1) is 29.0. The van der Waals surface area contributed by atoms with Crippen molar-refractivity contribution < 1.29 is 29.0 Å². The van der Waals surface area contributed by atoms with Gasteiger partial charge in [0.1, 0.15) is 30.0 Å². The minimum Gasteiger partial charge on any atom is -0.489 e. The van der Waals surface area contributed by atoms with Crippen molar-refractivity contribution in [3.63, 3.8) is 0 Å². The second-order valence-corrected chi connectivity index (χ2v) is 15.6. The topological polar surface area (TPSA) is 159 Å². The van der Waals surface area contributed by atoms with Gasteiger partial charge in [-0.05, 0) is 88.3 Å². The molecule has 2 unspecified atom stereocenters. The minimum atomic E-state index is -1.19. The van der Waals surface area contributed by atoms with Crippen molar-refractivity contribution in [2.45, 2.75) is 50.7 Å². The molecular weight excluding hydrogens is 803 g/mol. The third-order valence-corrected chi connectivity index (χ3v) is 11.5. The summed E-state index contributed by atoms with van der Waals surface area (Å²) in [7, 11) is 1.88. The Morgan fingerprint density at radius 3 is 2.35 bits per heavy atom. The van der Waals surface area contributed by atoms with Gasteiger partial charge in [0.15, 0.2) is 0 Å². The number of aliphatic carboxylic acids is 1. The summed E-state index contributed by atoms with van der Waals surface area (Å²) in [6, 6.07) is 31.0. The smallest absolute Gasteiger partial charge is 0.326 e. The number of halogens is 2. The van der Waals surface area contributed by atoms with Gasteiger partial charge in [-0.1, -0.05) is 77.8 Å². The van der Waals surface area contributed by atoms with Gasteiger partial charge in [0.25, 0.3) is 5.91 Å². The van der Waals surface area contributed by atoms with Crippen LogP contribution in [-0.2, 0) is 54.0 Å². The second kappa shape index (κ2) is 17.3. The van der Waals surface area contributed by atoms with E-state index in [0.29, 0.717) is 51.4 Å². The van der Waals surface area contributed by atoms with Crippen LogP contribution in [0.1, 0.15) is 45.3 Å². The van der Waals surface area contributed by atoms with Gasteiger partial charge in [0.2, 0.25) is 12.0 Å². The normalized spacial score (nSPS) is 16.3. The number of nitrogens with one attached hydrogen (secondary N) is 2. The molecule has 2 aliphatic rings. The van der Waals surface area contributed by atoms with Crippen molar-refractivity contribution in [1.29, 1.82) is 5.26 Å². The molecule has 3 N–H and O–H groups in total. The number of imidazole rings is 1. The quantitative estimate of drug-likeness (QED) is 0.113. The number of rotatable bonds is 12. The van der Waals surface area contributed by atoms with Crippen molar-refractivity contribution in [2.75, 3.05) is 5.32 Å². The van der Waals surface area contributed by atoms with Crippen LogP contribution in [0.15, 0.2) is 116 Å². The van der Waals surface area contributed by atoms with Crippen LogP contribution < -0.4 is 20.1 Å². The predicted molar refractivity (Wildman–Crippen MR) is 225 cm³/mol. The highest BCUT2D eigenvalue weighted by Gasteiger charge is 2.37. The summed E-state index contributed by atoms with van der Waals surface area (Å²) < 4.78 is 14.1. The van der Waals surface area contributed by atoms with E-state index in [1.165, 1.54) is 0 Å². The Balaban J connectivity index is 0.974. The van der Waals surface area contributed by atoms with E-state index in [1.54, 1.807) is 54.7 Å². The van der Waals surface area contributed by atoms with E-state index >= 15 is 0 Å². The summed E-state index contributed by atoms with van der Waals surface area (Å²) in [4.78, 5) is 46.6. The maximum Gasteiger partial charge on any atom is 0.326 e. The lowest BCUT2D eigenvalue weighted by molar-refractivity contribution is -0.143. The number of hydrogen-bond donors (Lipinski definition) is 3. The highest BCUT2D eigenvalue weighted by Crippen LogP contribution is 2.40. The number of carbonyl (C=O) groups excluding carboxylic acids is 2. The van der Waals surface area contributed by atoms with Gasteiger partial charge in [-0.15, -0.1) is 0 Å². The molecule has 60 heavy (non-hydrogen) atoms. The first-order valence-corrected chi connectivity index (χ1v) is 19.9. The molecule has 0 saturated carbocycles. The Kier molecular flexibility index (Phi) is 11.6. The number of nitriles is 1. The maximum atomic E-state index is 14.2. The molecule has 1 aromatic heterocycles. The predicted octanol–water partition coefficient (Wildman–Crippen LogP) is 7.66. The van der Waals surface area contributed by atoms with E-state index in [9.17, 15) is 19.5 Å². The van der Waals surface area contributed by atoms with Crippen molar-refractivity contribution in [2.24, 2.45) is 7.05 Å². The van der Waals surface area contributed by atoms with Gasteiger partial charge in [-0.3, -0.25) is 14.5 Å². The molecule has 0 saturated heterocycles. The summed E-state index contributed by atoms with van der Waals surface area (Å²) >= 11 is 12.2. The molecule has 5 aromatic carbocycles. The standard InChI is InChI=1S/C46H38Cl2N6O6/c1-53-17-16-50-42(53)25-54-24-34-22-41-38(51-45(56)43(60-41)32-11-13-35(14-12-32)59-26-29-6-15-36(47)37(48)18-29)20-33(34)21-40(54)44(55)52-39(46(57)58)19-27-2-7-30(8-3-27)31-9-4-28(23-49)5-10-31/h2-18,20,22,39-40,43H,19,21,24-26H2,1H3,(H,51,56)(H,52,55)(H,57,58)/t39-,40?,43?/m0/s1. The van der Waals surface area contributed by atoms with E-state index in [1.807, 2.05) is 77.3 Å². The van der Waals surface area contributed by atoms with Crippen LogP contribution in [-0.4, -0.2) is 49.4 Å². The zero-order chi connectivity index (χ0) is 41.9. The lowest BCUT2D eigenvalue weighted by Crippen LogP contribution is -2.54. The average Bonchev–Trinajstić information content (AvgIpc) is 3.66. The van der Waals surface area contributed by atoms with E-state index < -0.39 is 30.1 Å². The molecule has 0 fully saturated rings. The van der Waals surface area contributed by atoms with E-state index in [2.05, 4.69) is 21.7 Å². The molecule has 3 heterocycles. The number of aryl methyl sites for hydroxylation is 1. The highest BCUT2D eigenvalue weighted by atomic mass is 35.5. The summed E-state index contributed by atoms with van der Waals surface area (Å²) in [6.45, 7) is 0.952. The van der Waals surface area contributed by atoms with Crippen LogP contribution in [0, 0.1) is 11.3 Å². The van der Waals surface area contributed by atoms with E-state index in [0.717, 1.165) is 39.2 Å². The number of carboxylic acid groups (broad SMARTS) is 1. The molecule has 2 amide bonds. The fraction of sp³-hybridized carbons (Fsp3) is 0.196. The number of benzene rings is 5. The molecule has 12 nitrogen and oxygen atoms in total. The van der Waals surface area contributed by atoms with Crippen LogP contribution in [0.3, 0.4) is 0 Å².